The van der Waals surface area contributed by atoms with Crippen molar-refractivity contribution < 1.29 is 4.74 Å². The smallest absolute Gasteiger partial charge is 0.150 e. The topological polar surface area (TPSA) is 48.1 Å². The summed E-state index contributed by atoms with van der Waals surface area (Å²) < 4.78 is 5.73. The maximum atomic E-state index is 5.94. The third kappa shape index (κ3) is 1.98. The van der Waals surface area contributed by atoms with Gasteiger partial charge in [0.2, 0.25) is 0 Å². The van der Waals surface area contributed by atoms with Crippen LogP contribution in [0.3, 0.4) is 0 Å². The van der Waals surface area contributed by atoms with Gasteiger partial charge in [0.05, 0.1) is 11.4 Å². The van der Waals surface area contributed by atoms with Crippen molar-refractivity contribution >= 4 is 5.69 Å². The van der Waals surface area contributed by atoms with E-state index in [9.17, 15) is 0 Å². The van der Waals surface area contributed by atoms with E-state index in [1.165, 1.54) is 0 Å². The second kappa shape index (κ2) is 4.23. The molecule has 0 saturated heterocycles. The molecular weight excluding hydrogens is 200 g/mol. The lowest BCUT2D eigenvalue weighted by molar-refractivity contribution is 0.478. The molecular formula is C13H14N2O. The zero-order valence-corrected chi connectivity index (χ0v) is 9.40. The normalized spacial score (nSPS) is 10.1. The molecule has 0 saturated carbocycles. The van der Waals surface area contributed by atoms with Crippen LogP contribution in [-0.2, 0) is 0 Å². The first kappa shape index (κ1) is 10.5. The van der Waals surface area contributed by atoms with Gasteiger partial charge < -0.3 is 10.5 Å². The molecule has 1 aromatic carbocycles. The second-order valence-corrected chi connectivity index (χ2v) is 3.68. The van der Waals surface area contributed by atoms with Gasteiger partial charge in [-0.1, -0.05) is 12.1 Å². The van der Waals surface area contributed by atoms with Crippen molar-refractivity contribution in [3.63, 3.8) is 0 Å². The predicted octanol–water partition coefficient (Wildman–Crippen LogP) is 3.07. The summed E-state index contributed by atoms with van der Waals surface area (Å²) in [7, 11) is 0. The number of benzene rings is 1. The fraction of sp³-hybridized carbons (Fsp3) is 0.154. The number of nitrogens with two attached hydrogens (primary N) is 1. The van der Waals surface area contributed by atoms with Gasteiger partial charge in [0.1, 0.15) is 5.75 Å². The highest BCUT2D eigenvalue weighted by molar-refractivity contribution is 5.59. The number of hydrogen-bond donors (Lipinski definition) is 1. The summed E-state index contributed by atoms with van der Waals surface area (Å²) in [5.41, 5.74) is 8.47. The molecule has 0 aliphatic rings. The summed E-state index contributed by atoms with van der Waals surface area (Å²) in [5.74, 6) is 1.41. The standard InChI is InChI=1S/C13H14N2O/c1-9-5-3-6-12(13(9)14)16-11-7-4-8-15-10(11)2/h3-8H,14H2,1-2H3. The molecule has 0 unspecified atom stereocenters. The van der Waals surface area contributed by atoms with Crippen LogP contribution in [0.25, 0.3) is 0 Å². The van der Waals surface area contributed by atoms with E-state index < -0.39 is 0 Å². The van der Waals surface area contributed by atoms with Crippen LogP contribution in [0.1, 0.15) is 11.3 Å². The lowest BCUT2D eigenvalue weighted by Gasteiger charge is -2.11. The molecule has 0 aliphatic heterocycles. The first-order chi connectivity index (χ1) is 7.68. The number of anilines is 1. The first-order valence-corrected chi connectivity index (χ1v) is 5.13. The fourth-order valence-electron chi connectivity index (χ4n) is 1.44. The van der Waals surface area contributed by atoms with Crippen molar-refractivity contribution in [2.24, 2.45) is 0 Å². The summed E-state index contributed by atoms with van der Waals surface area (Å²) >= 11 is 0. The van der Waals surface area contributed by atoms with Crippen LogP contribution in [-0.4, -0.2) is 4.98 Å². The van der Waals surface area contributed by atoms with Gasteiger partial charge in [0.15, 0.2) is 5.75 Å². The Morgan fingerprint density at radius 1 is 1.06 bits per heavy atom. The van der Waals surface area contributed by atoms with Crippen LogP contribution in [0.5, 0.6) is 11.5 Å². The van der Waals surface area contributed by atoms with Crippen molar-refractivity contribution in [2.75, 3.05) is 5.73 Å². The third-order valence-electron chi connectivity index (χ3n) is 2.46. The number of ether oxygens (including phenoxy) is 1. The van der Waals surface area contributed by atoms with Gasteiger partial charge in [-0.25, -0.2) is 0 Å². The molecule has 3 nitrogen and oxygen atoms in total. The maximum absolute atomic E-state index is 5.94. The molecule has 1 aromatic heterocycles. The molecule has 2 rings (SSSR count). The molecule has 0 bridgehead atoms. The average Bonchev–Trinajstić information content (AvgIpc) is 2.28. The Morgan fingerprint density at radius 2 is 1.81 bits per heavy atom. The van der Waals surface area contributed by atoms with Crippen molar-refractivity contribution in [3.8, 4) is 11.5 Å². The Balaban J connectivity index is 2.35. The van der Waals surface area contributed by atoms with Crippen LogP contribution < -0.4 is 10.5 Å². The monoisotopic (exact) mass is 214 g/mol. The van der Waals surface area contributed by atoms with Gasteiger partial charge >= 0.3 is 0 Å². The summed E-state index contributed by atoms with van der Waals surface area (Å²) in [6, 6.07) is 9.46. The van der Waals surface area contributed by atoms with Crippen LogP contribution >= 0.6 is 0 Å². The number of aryl methyl sites for hydroxylation is 2. The van der Waals surface area contributed by atoms with E-state index in [4.69, 9.17) is 10.5 Å². The van der Waals surface area contributed by atoms with E-state index in [-0.39, 0.29) is 0 Å². The molecule has 0 spiro atoms. The number of hydrogen-bond acceptors (Lipinski definition) is 3. The Morgan fingerprint density at radius 3 is 2.56 bits per heavy atom. The molecule has 2 N–H and O–H groups in total. The van der Waals surface area contributed by atoms with E-state index in [2.05, 4.69) is 4.98 Å². The average molecular weight is 214 g/mol. The van der Waals surface area contributed by atoms with E-state index in [1.807, 2.05) is 44.2 Å². The minimum atomic E-state index is 0.672. The minimum Gasteiger partial charge on any atom is -0.453 e. The SMILES string of the molecule is Cc1cccc(Oc2cccnc2C)c1N. The summed E-state index contributed by atoms with van der Waals surface area (Å²) in [6.07, 6.45) is 1.74. The van der Waals surface area contributed by atoms with Crippen LogP contribution in [0.2, 0.25) is 0 Å². The third-order valence-corrected chi connectivity index (χ3v) is 2.46. The van der Waals surface area contributed by atoms with Crippen molar-refractivity contribution in [2.45, 2.75) is 13.8 Å². The highest BCUT2D eigenvalue weighted by Gasteiger charge is 2.05. The quantitative estimate of drug-likeness (QED) is 0.781. The molecule has 0 atom stereocenters. The molecule has 0 amide bonds. The lowest BCUT2D eigenvalue weighted by Crippen LogP contribution is -1.96. The van der Waals surface area contributed by atoms with Crippen LogP contribution in [0, 0.1) is 13.8 Å². The van der Waals surface area contributed by atoms with E-state index in [0.717, 1.165) is 17.0 Å². The van der Waals surface area contributed by atoms with Crippen LogP contribution in [0.15, 0.2) is 36.5 Å². The maximum Gasteiger partial charge on any atom is 0.150 e. The van der Waals surface area contributed by atoms with Gasteiger partial charge in [-0.2, -0.15) is 0 Å². The van der Waals surface area contributed by atoms with E-state index in [1.54, 1.807) is 6.20 Å². The van der Waals surface area contributed by atoms with Crippen molar-refractivity contribution in [1.29, 1.82) is 0 Å². The summed E-state index contributed by atoms with van der Waals surface area (Å²) in [4.78, 5) is 4.16. The Hall–Kier alpha value is -2.03. The molecule has 1 heterocycles. The molecule has 16 heavy (non-hydrogen) atoms. The van der Waals surface area contributed by atoms with Gasteiger partial charge in [0.25, 0.3) is 0 Å². The highest BCUT2D eigenvalue weighted by Crippen LogP contribution is 2.30. The Kier molecular flexibility index (Phi) is 2.77. The number of pyridine rings is 1. The van der Waals surface area contributed by atoms with Crippen molar-refractivity contribution in [3.05, 3.63) is 47.8 Å². The predicted molar refractivity (Wildman–Crippen MR) is 64.6 cm³/mol. The van der Waals surface area contributed by atoms with Crippen molar-refractivity contribution in [1.82, 2.24) is 4.98 Å². The zero-order chi connectivity index (χ0) is 11.5. The number of nitrogens with zero attached hydrogens (tertiary/aromatic N) is 1. The number of rotatable bonds is 2. The summed E-state index contributed by atoms with van der Waals surface area (Å²) in [6.45, 7) is 3.86. The van der Waals surface area contributed by atoms with Crippen LogP contribution in [0.4, 0.5) is 5.69 Å². The lowest BCUT2D eigenvalue weighted by atomic mass is 10.2. The first-order valence-electron chi connectivity index (χ1n) is 5.13. The zero-order valence-electron chi connectivity index (χ0n) is 9.40. The molecule has 3 heteroatoms. The second-order valence-electron chi connectivity index (χ2n) is 3.68. The molecule has 0 radical (unpaired) electrons. The largest absolute Gasteiger partial charge is 0.453 e. The fourth-order valence-corrected chi connectivity index (χ4v) is 1.44. The molecule has 0 fully saturated rings. The number of nitrogen functional groups attached to an aromatic ring is 1. The van der Waals surface area contributed by atoms with Gasteiger partial charge in [-0.15, -0.1) is 0 Å². The molecule has 82 valence electrons. The van der Waals surface area contributed by atoms with Gasteiger partial charge in [-0.05, 0) is 37.6 Å². The van der Waals surface area contributed by atoms with Gasteiger partial charge in [0, 0.05) is 6.20 Å². The summed E-state index contributed by atoms with van der Waals surface area (Å²) in [5, 5.41) is 0. The van der Waals surface area contributed by atoms with E-state index >= 15 is 0 Å². The Labute approximate surface area is 94.9 Å². The number of para-hydroxylation sites is 1. The highest BCUT2D eigenvalue weighted by atomic mass is 16.5. The molecule has 2 aromatic rings. The van der Waals surface area contributed by atoms with E-state index in [0.29, 0.717) is 11.4 Å². The Bertz CT molecular complexity index is 509. The number of aromatic nitrogens is 1. The van der Waals surface area contributed by atoms with Gasteiger partial charge in [-0.3, -0.25) is 4.98 Å². The molecule has 0 aliphatic carbocycles. The minimum absolute atomic E-state index is 0.672.